The Morgan fingerprint density at radius 3 is 2.29 bits per heavy atom. The highest BCUT2D eigenvalue weighted by Crippen LogP contribution is 2.01. The number of hydrogen-bond donors (Lipinski definition) is 2. The summed E-state index contributed by atoms with van der Waals surface area (Å²) in [4.78, 5) is 4.78. The number of rotatable bonds is 4. The summed E-state index contributed by atoms with van der Waals surface area (Å²) in [5.74, 6) is 0. The Labute approximate surface area is 95.6 Å². The lowest BCUT2D eigenvalue weighted by Gasteiger charge is -2.15. The molecule has 4 nitrogen and oxygen atoms in total. The van der Waals surface area contributed by atoms with Gasteiger partial charge in [0.1, 0.15) is 0 Å². The third-order valence-corrected chi connectivity index (χ3v) is 1.50. The van der Waals surface area contributed by atoms with Crippen molar-refractivity contribution in [1.29, 1.82) is 0 Å². The Kier molecular flexibility index (Phi) is 10.6. The van der Waals surface area contributed by atoms with E-state index in [9.17, 15) is 0 Å². The minimum atomic E-state index is 0. The van der Waals surface area contributed by atoms with Crippen molar-refractivity contribution in [2.24, 2.45) is 0 Å². The molecule has 0 fully saturated rings. The van der Waals surface area contributed by atoms with Gasteiger partial charge >= 0.3 is 0 Å². The van der Waals surface area contributed by atoms with Gasteiger partial charge in [-0.1, -0.05) is 35.5 Å². The van der Waals surface area contributed by atoms with Crippen LogP contribution in [-0.2, 0) is 11.4 Å². The van der Waals surface area contributed by atoms with Gasteiger partial charge in [-0.05, 0) is 5.56 Å². The summed E-state index contributed by atoms with van der Waals surface area (Å²) in [6.45, 7) is 0.494. The van der Waals surface area contributed by atoms with E-state index in [-0.39, 0.29) is 24.8 Å². The molecule has 0 heterocycles. The fourth-order valence-electron chi connectivity index (χ4n) is 0.890. The summed E-state index contributed by atoms with van der Waals surface area (Å²) in [5, 5.41) is 9.76. The van der Waals surface area contributed by atoms with Crippen molar-refractivity contribution in [3.63, 3.8) is 0 Å². The largest absolute Gasteiger partial charge is 0.300 e. The van der Waals surface area contributed by atoms with Crippen LogP contribution in [0.5, 0.6) is 0 Å². The number of nitrogens with zero attached hydrogens (tertiary/aromatic N) is 1. The van der Waals surface area contributed by atoms with Crippen molar-refractivity contribution in [2.75, 3.05) is 7.11 Å². The number of hydrogen-bond acceptors (Lipinski definition) is 4. The number of hydroxylamine groups is 1. The third kappa shape index (κ3) is 5.39. The van der Waals surface area contributed by atoms with E-state index < -0.39 is 0 Å². The summed E-state index contributed by atoms with van der Waals surface area (Å²) in [5.41, 5.74) is 2.97. The SMILES string of the molecule is CON(Cc1ccccc1)NO.Cl.Cl. The predicted octanol–water partition coefficient (Wildman–Crippen LogP) is 1.79. The predicted molar refractivity (Wildman–Crippen MR) is 58.4 cm³/mol. The molecule has 1 rings (SSSR count). The Balaban J connectivity index is 0. The minimum Gasteiger partial charge on any atom is -0.300 e. The van der Waals surface area contributed by atoms with Gasteiger partial charge in [-0.2, -0.15) is 0 Å². The molecule has 6 heteroatoms. The molecule has 2 N–H and O–H groups in total. The van der Waals surface area contributed by atoms with E-state index in [1.807, 2.05) is 35.9 Å². The lowest BCUT2D eigenvalue weighted by Crippen LogP contribution is -2.33. The van der Waals surface area contributed by atoms with Crippen LogP contribution in [0.25, 0.3) is 0 Å². The van der Waals surface area contributed by atoms with Crippen molar-refractivity contribution >= 4 is 24.8 Å². The van der Waals surface area contributed by atoms with Gasteiger partial charge in [0, 0.05) is 0 Å². The molecule has 0 aliphatic carbocycles. The summed E-state index contributed by atoms with van der Waals surface area (Å²) < 4.78 is 0. The first-order valence-corrected chi connectivity index (χ1v) is 3.62. The molecule has 0 bridgehead atoms. The van der Waals surface area contributed by atoms with Crippen LogP contribution in [0.3, 0.4) is 0 Å². The first-order valence-electron chi connectivity index (χ1n) is 3.62. The van der Waals surface area contributed by atoms with Crippen LogP contribution in [0.15, 0.2) is 30.3 Å². The average molecular weight is 241 g/mol. The van der Waals surface area contributed by atoms with Crippen LogP contribution in [-0.4, -0.2) is 17.5 Å². The third-order valence-electron chi connectivity index (χ3n) is 1.50. The molecule has 0 atom stereocenters. The van der Waals surface area contributed by atoms with Gasteiger partial charge in [0.05, 0.1) is 13.7 Å². The first-order chi connectivity index (χ1) is 5.86. The highest BCUT2D eigenvalue weighted by atomic mass is 35.5. The highest BCUT2D eigenvalue weighted by Gasteiger charge is 2.00. The van der Waals surface area contributed by atoms with Crippen molar-refractivity contribution in [3.8, 4) is 0 Å². The number of hydrazine groups is 1. The van der Waals surface area contributed by atoms with Crippen LogP contribution < -0.4 is 5.59 Å². The van der Waals surface area contributed by atoms with Gasteiger partial charge in [0.2, 0.25) is 0 Å². The zero-order valence-electron chi connectivity index (χ0n) is 7.71. The van der Waals surface area contributed by atoms with E-state index in [1.54, 1.807) is 0 Å². The maximum Gasteiger partial charge on any atom is 0.0674 e. The Morgan fingerprint density at radius 2 is 1.86 bits per heavy atom. The second-order valence-corrected chi connectivity index (χ2v) is 2.30. The fourth-order valence-corrected chi connectivity index (χ4v) is 0.890. The topological polar surface area (TPSA) is 44.7 Å². The monoisotopic (exact) mass is 240 g/mol. The zero-order chi connectivity index (χ0) is 8.81. The molecule has 0 amide bonds. The molecule has 0 radical (unpaired) electrons. The van der Waals surface area contributed by atoms with Crippen molar-refractivity contribution < 1.29 is 10.0 Å². The van der Waals surface area contributed by atoms with E-state index in [2.05, 4.69) is 0 Å². The smallest absolute Gasteiger partial charge is 0.0674 e. The van der Waals surface area contributed by atoms with Crippen molar-refractivity contribution in [1.82, 2.24) is 10.8 Å². The molecule has 0 saturated carbocycles. The van der Waals surface area contributed by atoms with Gasteiger partial charge < -0.3 is 0 Å². The molecule has 0 unspecified atom stereocenters. The van der Waals surface area contributed by atoms with Crippen LogP contribution in [0.1, 0.15) is 5.56 Å². The maximum atomic E-state index is 8.54. The second-order valence-electron chi connectivity index (χ2n) is 2.30. The van der Waals surface area contributed by atoms with Crippen LogP contribution >= 0.6 is 24.8 Å². The normalized spacial score (nSPS) is 9.07. The molecule has 0 spiro atoms. The lowest BCUT2D eigenvalue weighted by atomic mass is 10.2. The molecule has 1 aromatic carbocycles. The van der Waals surface area contributed by atoms with E-state index in [0.29, 0.717) is 6.54 Å². The Bertz CT molecular complexity index is 220. The van der Waals surface area contributed by atoms with Gasteiger partial charge in [0.15, 0.2) is 0 Å². The standard InChI is InChI=1S/C8H12N2O2.2ClH/c1-12-10(9-11)7-8-5-3-2-4-6-8;;/h2-6,9,11H,7H2,1H3;2*1H. The Hall–Kier alpha value is -0.360. The molecule has 82 valence electrons. The quantitative estimate of drug-likeness (QED) is 0.789. The summed E-state index contributed by atoms with van der Waals surface area (Å²) >= 11 is 0. The summed E-state index contributed by atoms with van der Waals surface area (Å²) in [7, 11) is 1.48. The summed E-state index contributed by atoms with van der Waals surface area (Å²) in [6, 6.07) is 9.70. The van der Waals surface area contributed by atoms with E-state index in [0.717, 1.165) is 5.56 Å². The van der Waals surface area contributed by atoms with Gasteiger partial charge in [-0.3, -0.25) is 10.0 Å². The number of nitrogens with one attached hydrogen (secondary N) is 1. The fraction of sp³-hybridized carbons (Fsp3) is 0.250. The second kappa shape index (κ2) is 9.21. The molecule has 14 heavy (non-hydrogen) atoms. The molecule has 0 saturated heterocycles. The van der Waals surface area contributed by atoms with Crippen LogP contribution in [0.2, 0.25) is 0 Å². The van der Waals surface area contributed by atoms with E-state index in [4.69, 9.17) is 10.0 Å². The summed E-state index contributed by atoms with van der Waals surface area (Å²) in [6.07, 6.45) is 0. The minimum absolute atomic E-state index is 0. The van der Waals surface area contributed by atoms with Gasteiger partial charge in [0.25, 0.3) is 0 Å². The first kappa shape index (κ1) is 16.1. The highest BCUT2D eigenvalue weighted by molar-refractivity contribution is 5.85. The lowest BCUT2D eigenvalue weighted by molar-refractivity contribution is -0.246. The van der Waals surface area contributed by atoms with Gasteiger partial charge in [-0.15, -0.1) is 30.4 Å². The molecule has 0 aliphatic rings. The zero-order valence-corrected chi connectivity index (χ0v) is 9.35. The van der Waals surface area contributed by atoms with Gasteiger partial charge in [-0.25, -0.2) is 0 Å². The van der Waals surface area contributed by atoms with Crippen molar-refractivity contribution in [2.45, 2.75) is 6.54 Å². The van der Waals surface area contributed by atoms with Crippen LogP contribution in [0.4, 0.5) is 0 Å². The van der Waals surface area contributed by atoms with Crippen LogP contribution in [0, 0.1) is 0 Å². The maximum absolute atomic E-state index is 8.54. The Morgan fingerprint density at radius 1 is 1.29 bits per heavy atom. The number of benzene rings is 1. The molecular weight excluding hydrogens is 227 g/mol. The molecule has 0 aliphatic heterocycles. The molecular formula is C8H14Cl2N2O2. The molecule has 0 aromatic heterocycles. The molecule has 1 aromatic rings. The number of halogens is 2. The average Bonchev–Trinajstić information content (AvgIpc) is 2.16. The van der Waals surface area contributed by atoms with E-state index >= 15 is 0 Å². The van der Waals surface area contributed by atoms with E-state index in [1.165, 1.54) is 12.3 Å². The van der Waals surface area contributed by atoms with Crippen molar-refractivity contribution in [3.05, 3.63) is 35.9 Å².